The van der Waals surface area contributed by atoms with Crippen LogP contribution in [0.15, 0.2) is 52.0 Å². The van der Waals surface area contributed by atoms with Crippen molar-refractivity contribution in [3.63, 3.8) is 0 Å². The Balaban J connectivity index is 1.45. The molecule has 4 aromatic rings. The molecule has 0 atom stereocenters. The van der Waals surface area contributed by atoms with E-state index in [2.05, 4.69) is 20.2 Å². The van der Waals surface area contributed by atoms with E-state index in [1.807, 2.05) is 18.2 Å². The number of methoxy groups -OCH3 is 1. The minimum Gasteiger partial charge on any atom is -0.497 e. The average molecular weight is 383 g/mol. The first-order valence-electron chi connectivity index (χ1n) is 7.86. The molecule has 27 heavy (non-hydrogen) atoms. The Hall–Kier alpha value is -3.40. The summed E-state index contributed by atoms with van der Waals surface area (Å²) in [4.78, 5) is 18.0. The molecule has 9 nitrogen and oxygen atoms in total. The number of nitro benzene ring substituents is 1. The van der Waals surface area contributed by atoms with E-state index in [4.69, 9.17) is 9.15 Å². The average Bonchev–Trinajstić information content (AvgIpc) is 3.32. The Morgan fingerprint density at radius 2 is 2.04 bits per heavy atom. The van der Waals surface area contributed by atoms with E-state index < -0.39 is 4.92 Å². The molecule has 2 aromatic carbocycles. The van der Waals surface area contributed by atoms with Crippen molar-refractivity contribution < 1.29 is 14.1 Å². The molecule has 136 valence electrons. The third kappa shape index (κ3) is 3.60. The predicted octanol–water partition coefficient (Wildman–Crippen LogP) is 3.82. The molecule has 1 N–H and O–H groups in total. The van der Waals surface area contributed by atoms with Crippen molar-refractivity contribution in [2.75, 3.05) is 7.11 Å². The summed E-state index contributed by atoms with van der Waals surface area (Å²) in [5.74, 6) is 1.95. The van der Waals surface area contributed by atoms with Gasteiger partial charge in [-0.25, -0.2) is 4.98 Å². The fourth-order valence-corrected chi connectivity index (χ4v) is 3.17. The van der Waals surface area contributed by atoms with E-state index in [1.54, 1.807) is 19.2 Å². The second-order valence-corrected chi connectivity index (χ2v) is 6.48. The van der Waals surface area contributed by atoms with Gasteiger partial charge in [0.2, 0.25) is 11.8 Å². The van der Waals surface area contributed by atoms with Crippen molar-refractivity contribution in [1.82, 2.24) is 20.2 Å². The lowest BCUT2D eigenvalue weighted by molar-refractivity contribution is -0.384. The van der Waals surface area contributed by atoms with Gasteiger partial charge in [-0.15, -0.1) is 10.2 Å². The minimum atomic E-state index is -0.456. The number of hydrogen-bond donors (Lipinski definition) is 1. The Morgan fingerprint density at radius 3 is 2.78 bits per heavy atom. The Bertz CT molecular complexity index is 1110. The standard InChI is InChI=1S/C17H13N5O4S/c1-25-12-6-7-13-14(8-12)19-17(18-13)27-9-15-20-21-16(26-15)10-2-4-11(5-3-10)22(23)24/h2-8H,9H2,1H3,(H,18,19). The summed E-state index contributed by atoms with van der Waals surface area (Å²) in [7, 11) is 1.62. The zero-order valence-electron chi connectivity index (χ0n) is 14.1. The number of ether oxygens (including phenoxy) is 1. The van der Waals surface area contributed by atoms with Gasteiger partial charge in [0.1, 0.15) is 5.75 Å². The van der Waals surface area contributed by atoms with Crippen LogP contribution in [0.2, 0.25) is 0 Å². The van der Waals surface area contributed by atoms with E-state index in [0.717, 1.165) is 21.9 Å². The van der Waals surface area contributed by atoms with Crippen molar-refractivity contribution in [2.24, 2.45) is 0 Å². The van der Waals surface area contributed by atoms with E-state index in [0.29, 0.717) is 23.1 Å². The summed E-state index contributed by atoms with van der Waals surface area (Å²) in [6, 6.07) is 11.6. The minimum absolute atomic E-state index is 0.00978. The Kier molecular flexibility index (Phi) is 4.47. The van der Waals surface area contributed by atoms with E-state index in [-0.39, 0.29) is 5.69 Å². The van der Waals surface area contributed by atoms with E-state index in [9.17, 15) is 10.1 Å². The lowest BCUT2D eigenvalue weighted by Gasteiger charge is -1.96. The first kappa shape index (κ1) is 17.0. The predicted molar refractivity (Wildman–Crippen MR) is 98.6 cm³/mol. The van der Waals surface area contributed by atoms with Crippen molar-refractivity contribution in [3.8, 4) is 17.2 Å². The number of thioether (sulfide) groups is 1. The molecule has 0 fully saturated rings. The van der Waals surface area contributed by atoms with Crippen LogP contribution in [0.5, 0.6) is 5.75 Å². The molecule has 0 saturated heterocycles. The van der Waals surface area contributed by atoms with Gasteiger partial charge < -0.3 is 14.1 Å². The number of nitrogens with zero attached hydrogens (tertiary/aromatic N) is 4. The zero-order chi connectivity index (χ0) is 18.8. The number of aromatic nitrogens is 4. The summed E-state index contributed by atoms with van der Waals surface area (Å²) >= 11 is 1.43. The molecule has 2 heterocycles. The van der Waals surface area contributed by atoms with Crippen LogP contribution in [0, 0.1) is 10.1 Å². The number of benzene rings is 2. The number of rotatable bonds is 6. The molecule has 0 aliphatic rings. The number of nitro groups is 1. The number of nitrogens with one attached hydrogen (secondary N) is 1. The number of aromatic amines is 1. The Morgan fingerprint density at radius 1 is 1.22 bits per heavy atom. The van der Waals surface area contributed by atoms with E-state index >= 15 is 0 Å². The highest BCUT2D eigenvalue weighted by molar-refractivity contribution is 7.98. The second kappa shape index (κ2) is 7.08. The number of hydrogen-bond acceptors (Lipinski definition) is 8. The van der Waals surface area contributed by atoms with Crippen LogP contribution in [-0.4, -0.2) is 32.2 Å². The molecule has 0 saturated carbocycles. The van der Waals surface area contributed by atoms with Crippen LogP contribution in [0.1, 0.15) is 5.89 Å². The first-order chi connectivity index (χ1) is 13.1. The molecule has 10 heteroatoms. The molecule has 4 rings (SSSR count). The monoisotopic (exact) mass is 383 g/mol. The molecule has 0 unspecified atom stereocenters. The number of imidazole rings is 1. The van der Waals surface area contributed by atoms with Crippen LogP contribution in [0.4, 0.5) is 5.69 Å². The third-order valence-corrected chi connectivity index (χ3v) is 4.65. The summed E-state index contributed by atoms with van der Waals surface area (Å²) in [6.07, 6.45) is 0. The lowest BCUT2D eigenvalue weighted by atomic mass is 10.2. The van der Waals surface area contributed by atoms with Gasteiger partial charge in [-0.2, -0.15) is 0 Å². The molecule has 0 amide bonds. The molecule has 0 spiro atoms. The van der Waals surface area contributed by atoms with E-state index in [1.165, 1.54) is 23.9 Å². The van der Waals surface area contributed by atoms with Gasteiger partial charge in [0.15, 0.2) is 5.16 Å². The highest BCUT2D eigenvalue weighted by atomic mass is 32.2. The molecule has 2 aromatic heterocycles. The summed E-state index contributed by atoms with van der Waals surface area (Å²) in [6.45, 7) is 0. The van der Waals surface area contributed by atoms with Gasteiger partial charge in [0, 0.05) is 23.8 Å². The fraction of sp³-hybridized carbons (Fsp3) is 0.118. The topological polar surface area (TPSA) is 120 Å². The normalized spacial score (nSPS) is 11.0. The van der Waals surface area contributed by atoms with Crippen LogP contribution in [0.25, 0.3) is 22.5 Å². The molecule has 0 bridgehead atoms. The molecular formula is C17H13N5O4S. The van der Waals surface area contributed by atoms with Gasteiger partial charge in [-0.1, -0.05) is 11.8 Å². The van der Waals surface area contributed by atoms with Crippen molar-refractivity contribution in [3.05, 3.63) is 58.5 Å². The molecule has 0 radical (unpaired) electrons. The highest BCUT2D eigenvalue weighted by Gasteiger charge is 2.12. The van der Waals surface area contributed by atoms with Gasteiger partial charge in [-0.3, -0.25) is 10.1 Å². The first-order valence-corrected chi connectivity index (χ1v) is 8.85. The molecular weight excluding hydrogens is 370 g/mol. The summed E-state index contributed by atoms with van der Waals surface area (Å²) in [5.41, 5.74) is 2.36. The van der Waals surface area contributed by atoms with Crippen LogP contribution < -0.4 is 4.74 Å². The fourth-order valence-electron chi connectivity index (χ4n) is 2.45. The zero-order valence-corrected chi connectivity index (χ0v) is 14.9. The lowest BCUT2D eigenvalue weighted by Crippen LogP contribution is -1.87. The third-order valence-electron chi connectivity index (χ3n) is 3.79. The largest absolute Gasteiger partial charge is 0.497 e. The van der Waals surface area contributed by atoms with Crippen LogP contribution in [-0.2, 0) is 5.75 Å². The van der Waals surface area contributed by atoms with Crippen molar-refractivity contribution in [1.29, 1.82) is 0 Å². The number of fused-ring (bicyclic) bond motifs is 1. The van der Waals surface area contributed by atoms with Crippen LogP contribution in [0.3, 0.4) is 0 Å². The molecule has 0 aliphatic carbocycles. The second-order valence-electron chi connectivity index (χ2n) is 5.52. The summed E-state index contributed by atoms with van der Waals surface area (Å²) in [5, 5.41) is 19.4. The molecule has 0 aliphatic heterocycles. The van der Waals surface area contributed by atoms with Crippen LogP contribution >= 0.6 is 11.8 Å². The number of non-ortho nitro benzene ring substituents is 1. The number of H-pyrrole nitrogens is 1. The quantitative estimate of drug-likeness (QED) is 0.303. The SMILES string of the molecule is COc1ccc2nc(SCc3nnc(-c4ccc([N+](=O)[O-])cc4)o3)[nH]c2c1. The van der Waals surface area contributed by atoms with Gasteiger partial charge in [0.25, 0.3) is 5.69 Å². The van der Waals surface area contributed by atoms with Gasteiger partial charge in [0.05, 0.1) is 28.8 Å². The maximum atomic E-state index is 10.7. The highest BCUT2D eigenvalue weighted by Crippen LogP contribution is 2.27. The smallest absolute Gasteiger partial charge is 0.269 e. The van der Waals surface area contributed by atoms with Crippen molar-refractivity contribution >= 4 is 28.5 Å². The maximum absolute atomic E-state index is 10.7. The summed E-state index contributed by atoms with van der Waals surface area (Å²) < 4.78 is 10.8. The van der Waals surface area contributed by atoms with Gasteiger partial charge in [-0.05, 0) is 24.3 Å². The maximum Gasteiger partial charge on any atom is 0.269 e. The Labute approximate surface area is 156 Å². The van der Waals surface area contributed by atoms with Crippen molar-refractivity contribution in [2.45, 2.75) is 10.9 Å². The van der Waals surface area contributed by atoms with Gasteiger partial charge >= 0.3 is 0 Å².